The summed E-state index contributed by atoms with van der Waals surface area (Å²) in [7, 11) is 0. The van der Waals surface area contributed by atoms with E-state index < -0.39 is 0 Å². The number of nitrogens with one attached hydrogen (secondary N) is 1. The molecule has 3 heteroatoms. The summed E-state index contributed by atoms with van der Waals surface area (Å²) in [6.45, 7) is 1.08. The molecule has 0 saturated heterocycles. The molecule has 3 nitrogen and oxygen atoms in total. The van der Waals surface area contributed by atoms with Crippen molar-refractivity contribution >= 4 is 0 Å². The zero-order valence-electron chi connectivity index (χ0n) is 8.89. The van der Waals surface area contributed by atoms with E-state index in [0.29, 0.717) is 6.04 Å². The van der Waals surface area contributed by atoms with Gasteiger partial charge in [-0.25, -0.2) is 0 Å². The second-order valence-electron chi connectivity index (χ2n) is 4.16. The number of rotatable bonds is 6. The number of nitrogens with zero attached hydrogens (tertiary/aromatic N) is 1. The van der Waals surface area contributed by atoms with Crippen LogP contribution in [0.5, 0.6) is 0 Å². The summed E-state index contributed by atoms with van der Waals surface area (Å²) in [4.78, 5) is 4.27. The first-order chi connectivity index (χ1) is 7.40. The second kappa shape index (κ2) is 5.24. The Morgan fingerprint density at radius 3 is 2.93 bits per heavy atom. The lowest BCUT2D eigenvalue weighted by atomic mass is 10.1. The fourth-order valence-electron chi connectivity index (χ4n) is 1.88. The van der Waals surface area contributed by atoms with Crippen LogP contribution in [-0.4, -0.2) is 22.7 Å². The number of aromatic nitrogens is 1. The first-order valence-electron chi connectivity index (χ1n) is 5.64. The highest BCUT2D eigenvalue weighted by atomic mass is 16.3. The Kier molecular flexibility index (Phi) is 3.69. The molecular weight excluding hydrogens is 188 g/mol. The first kappa shape index (κ1) is 10.6. The highest BCUT2D eigenvalue weighted by Crippen LogP contribution is 2.33. The molecule has 15 heavy (non-hydrogen) atoms. The minimum atomic E-state index is 0.274. The molecule has 0 spiro atoms. The first-order valence-corrected chi connectivity index (χ1v) is 5.64. The fraction of sp³-hybridized carbons (Fsp3) is 0.583. The van der Waals surface area contributed by atoms with Crippen LogP contribution in [0.3, 0.4) is 0 Å². The highest BCUT2D eigenvalue weighted by molar-refractivity contribution is 5.03. The largest absolute Gasteiger partial charge is 0.396 e. The summed E-state index contributed by atoms with van der Waals surface area (Å²) in [6.07, 6.45) is 5.28. The fourth-order valence-corrected chi connectivity index (χ4v) is 1.88. The molecule has 1 aliphatic carbocycles. The summed E-state index contributed by atoms with van der Waals surface area (Å²) in [5.74, 6) is 0.779. The van der Waals surface area contributed by atoms with Crippen molar-refractivity contribution in [3.8, 4) is 0 Å². The van der Waals surface area contributed by atoms with Crippen LogP contribution >= 0.6 is 0 Å². The van der Waals surface area contributed by atoms with Gasteiger partial charge in [-0.05, 0) is 37.3 Å². The monoisotopic (exact) mass is 206 g/mol. The molecule has 0 radical (unpaired) electrons. The zero-order chi connectivity index (χ0) is 10.5. The maximum Gasteiger partial charge on any atom is 0.0541 e. The van der Waals surface area contributed by atoms with Gasteiger partial charge in [-0.15, -0.1) is 0 Å². The molecule has 1 unspecified atom stereocenters. The summed E-state index contributed by atoms with van der Waals surface area (Å²) < 4.78 is 0. The van der Waals surface area contributed by atoms with E-state index in [1.807, 2.05) is 24.4 Å². The zero-order valence-corrected chi connectivity index (χ0v) is 8.89. The average molecular weight is 206 g/mol. The van der Waals surface area contributed by atoms with E-state index in [4.69, 9.17) is 5.11 Å². The third-order valence-electron chi connectivity index (χ3n) is 2.90. The van der Waals surface area contributed by atoms with Crippen molar-refractivity contribution in [2.24, 2.45) is 5.92 Å². The Labute approximate surface area is 90.5 Å². The number of hydrogen-bond acceptors (Lipinski definition) is 3. The van der Waals surface area contributed by atoms with Gasteiger partial charge in [0.1, 0.15) is 0 Å². The molecule has 2 rings (SSSR count). The van der Waals surface area contributed by atoms with Gasteiger partial charge in [-0.2, -0.15) is 0 Å². The van der Waals surface area contributed by atoms with Gasteiger partial charge in [-0.1, -0.05) is 6.07 Å². The Balaban J connectivity index is 1.80. The van der Waals surface area contributed by atoms with Crippen LogP contribution in [0.15, 0.2) is 24.4 Å². The van der Waals surface area contributed by atoms with Crippen molar-refractivity contribution in [3.63, 3.8) is 0 Å². The SMILES string of the molecule is OCCC(NCc1ccccn1)C1CC1. The topological polar surface area (TPSA) is 45.1 Å². The van der Waals surface area contributed by atoms with E-state index in [9.17, 15) is 0 Å². The minimum absolute atomic E-state index is 0.274. The molecule has 0 amide bonds. The molecule has 0 aromatic carbocycles. The molecule has 1 saturated carbocycles. The quantitative estimate of drug-likeness (QED) is 0.738. The predicted octanol–water partition coefficient (Wildman–Crippen LogP) is 1.33. The van der Waals surface area contributed by atoms with Gasteiger partial charge in [0.2, 0.25) is 0 Å². The molecule has 82 valence electrons. The predicted molar refractivity (Wildman–Crippen MR) is 59.3 cm³/mol. The van der Waals surface area contributed by atoms with Crippen LogP contribution < -0.4 is 5.32 Å². The molecule has 1 aromatic heterocycles. The Bertz CT molecular complexity index is 285. The maximum absolute atomic E-state index is 8.95. The number of aliphatic hydroxyl groups is 1. The van der Waals surface area contributed by atoms with E-state index in [0.717, 1.165) is 24.6 Å². The lowest BCUT2D eigenvalue weighted by molar-refractivity contribution is 0.255. The molecular formula is C12H18N2O. The normalized spacial score (nSPS) is 17.7. The van der Waals surface area contributed by atoms with Gasteiger partial charge in [0, 0.05) is 25.4 Å². The van der Waals surface area contributed by atoms with Gasteiger partial charge in [0.15, 0.2) is 0 Å². The van der Waals surface area contributed by atoms with Gasteiger partial charge < -0.3 is 10.4 Å². The van der Waals surface area contributed by atoms with Crippen LogP contribution in [0.2, 0.25) is 0 Å². The van der Waals surface area contributed by atoms with Crippen molar-refractivity contribution < 1.29 is 5.11 Å². The van der Waals surface area contributed by atoms with Crippen molar-refractivity contribution in [2.45, 2.75) is 31.8 Å². The Morgan fingerprint density at radius 1 is 1.47 bits per heavy atom. The van der Waals surface area contributed by atoms with Crippen LogP contribution in [0.4, 0.5) is 0 Å². The van der Waals surface area contributed by atoms with Crippen molar-refractivity contribution in [2.75, 3.05) is 6.61 Å². The van der Waals surface area contributed by atoms with Crippen LogP contribution in [-0.2, 0) is 6.54 Å². The van der Waals surface area contributed by atoms with E-state index >= 15 is 0 Å². The molecule has 0 aliphatic heterocycles. The summed E-state index contributed by atoms with van der Waals surface area (Å²) in [5, 5.41) is 12.4. The lowest BCUT2D eigenvalue weighted by Crippen LogP contribution is -2.31. The van der Waals surface area contributed by atoms with Crippen LogP contribution in [0.1, 0.15) is 25.0 Å². The van der Waals surface area contributed by atoms with Crippen LogP contribution in [0.25, 0.3) is 0 Å². The van der Waals surface area contributed by atoms with E-state index in [1.54, 1.807) is 0 Å². The summed E-state index contributed by atoms with van der Waals surface area (Å²) in [6, 6.07) is 6.42. The molecule has 1 aliphatic rings. The van der Waals surface area contributed by atoms with Gasteiger partial charge in [0.25, 0.3) is 0 Å². The van der Waals surface area contributed by atoms with Crippen molar-refractivity contribution in [1.29, 1.82) is 0 Å². The van der Waals surface area contributed by atoms with E-state index in [-0.39, 0.29) is 6.61 Å². The number of hydrogen-bond donors (Lipinski definition) is 2. The molecule has 1 heterocycles. The third-order valence-corrected chi connectivity index (χ3v) is 2.90. The third kappa shape index (κ3) is 3.29. The average Bonchev–Trinajstić information content (AvgIpc) is 3.09. The molecule has 1 fully saturated rings. The molecule has 1 atom stereocenters. The Morgan fingerprint density at radius 2 is 2.33 bits per heavy atom. The lowest BCUT2D eigenvalue weighted by Gasteiger charge is -2.16. The minimum Gasteiger partial charge on any atom is -0.396 e. The molecule has 2 N–H and O–H groups in total. The second-order valence-corrected chi connectivity index (χ2v) is 4.16. The maximum atomic E-state index is 8.95. The highest BCUT2D eigenvalue weighted by Gasteiger charge is 2.30. The van der Waals surface area contributed by atoms with Gasteiger partial charge in [-0.3, -0.25) is 4.98 Å². The van der Waals surface area contributed by atoms with Gasteiger partial charge in [0.05, 0.1) is 5.69 Å². The molecule has 0 bridgehead atoms. The number of pyridine rings is 1. The smallest absolute Gasteiger partial charge is 0.0541 e. The van der Waals surface area contributed by atoms with Crippen molar-refractivity contribution in [3.05, 3.63) is 30.1 Å². The molecule has 1 aromatic rings. The van der Waals surface area contributed by atoms with E-state index in [1.165, 1.54) is 12.8 Å². The van der Waals surface area contributed by atoms with Gasteiger partial charge >= 0.3 is 0 Å². The standard InChI is InChI=1S/C12H18N2O/c15-8-6-12(10-4-5-10)14-9-11-3-1-2-7-13-11/h1-3,7,10,12,14-15H,4-6,8-9H2. The summed E-state index contributed by atoms with van der Waals surface area (Å²) >= 11 is 0. The van der Waals surface area contributed by atoms with E-state index in [2.05, 4.69) is 10.3 Å². The number of aliphatic hydroxyl groups excluding tert-OH is 1. The summed E-state index contributed by atoms with van der Waals surface area (Å²) in [5.41, 5.74) is 1.07. The van der Waals surface area contributed by atoms with Crippen molar-refractivity contribution in [1.82, 2.24) is 10.3 Å². The van der Waals surface area contributed by atoms with Crippen LogP contribution in [0, 0.1) is 5.92 Å². The Hall–Kier alpha value is -0.930.